The van der Waals surface area contributed by atoms with E-state index < -0.39 is 0 Å². The van der Waals surface area contributed by atoms with E-state index in [9.17, 15) is 5.11 Å². The Morgan fingerprint density at radius 2 is 1.95 bits per heavy atom. The van der Waals surface area contributed by atoms with E-state index in [-0.39, 0.29) is 12.1 Å². The maximum atomic E-state index is 9.22. The Morgan fingerprint density at radius 3 is 2.63 bits per heavy atom. The molecule has 1 fully saturated rings. The van der Waals surface area contributed by atoms with Gasteiger partial charge in [-0.25, -0.2) is 0 Å². The van der Waals surface area contributed by atoms with Gasteiger partial charge in [-0.1, -0.05) is 42.5 Å². The van der Waals surface area contributed by atoms with Gasteiger partial charge in [0.2, 0.25) is 0 Å². The average molecular weight is 261 g/mol. The number of rotatable bonds is 6. The summed E-state index contributed by atoms with van der Waals surface area (Å²) in [5, 5.41) is 12.8. The first-order chi connectivity index (χ1) is 9.35. The van der Waals surface area contributed by atoms with Crippen LogP contribution in [0.2, 0.25) is 0 Å². The van der Waals surface area contributed by atoms with Crippen molar-refractivity contribution in [2.45, 2.75) is 24.8 Å². The van der Waals surface area contributed by atoms with Crippen molar-refractivity contribution in [3.05, 3.63) is 42.0 Å². The summed E-state index contributed by atoms with van der Waals surface area (Å²) in [7, 11) is 0. The molecule has 1 saturated heterocycles. The summed E-state index contributed by atoms with van der Waals surface area (Å²) in [4.78, 5) is 0. The minimum absolute atomic E-state index is 0.0496. The first-order valence-corrected chi connectivity index (χ1v) is 7.00. The average Bonchev–Trinajstić information content (AvgIpc) is 2.46. The van der Waals surface area contributed by atoms with Crippen LogP contribution in [0.15, 0.2) is 36.4 Å². The monoisotopic (exact) mass is 261 g/mol. The third kappa shape index (κ3) is 4.46. The van der Waals surface area contributed by atoms with Crippen molar-refractivity contribution in [2.24, 2.45) is 0 Å². The molecule has 2 N–H and O–H groups in total. The topological polar surface area (TPSA) is 41.5 Å². The predicted octanol–water partition coefficient (Wildman–Crippen LogP) is 2.22. The number of benzene rings is 1. The van der Waals surface area contributed by atoms with Crippen LogP contribution in [0.4, 0.5) is 0 Å². The summed E-state index contributed by atoms with van der Waals surface area (Å²) in [5.74, 6) is 0. The van der Waals surface area contributed by atoms with Crippen LogP contribution in [0.25, 0.3) is 6.08 Å². The van der Waals surface area contributed by atoms with Crippen molar-refractivity contribution in [2.75, 3.05) is 26.4 Å². The van der Waals surface area contributed by atoms with Gasteiger partial charge in [0, 0.05) is 31.9 Å². The van der Waals surface area contributed by atoms with Gasteiger partial charge in [0.15, 0.2) is 0 Å². The van der Waals surface area contributed by atoms with E-state index in [0.717, 1.165) is 39.0 Å². The SMILES string of the molecule is OCCC1(NC/C=C/c2ccccc2)CCOCC1. The molecule has 104 valence electrons. The fourth-order valence-corrected chi connectivity index (χ4v) is 2.53. The number of nitrogens with one attached hydrogen (secondary N) is 1. The lowest BCUT2D eigenvalue weighted by Gasteiger charge is -2.37. The predicted molar refractivity (Wildman–Crippen MR) is 78.0 cm³/mol. The van der Waals surface area contributed by atoms with E-state index in [0.29, 0.717) is 0 Å². The van der Waals surface area contributed by atoms with E-state index >= 15 is 0 Å². The molecule has 0 unspecified atom stereocenters. The highest BCUT2D eigenvalue weighted by Gasteiger charge is 2.30. The van der Waals surface area contributed by atoms with Crippen LogP contribution >= 0.6 is 0 Å². The standard InChI is InChI=1S/C16H23NO2/c18-12-8-16(9-13-19-14-10-16)17-11-4-7-15-5-2-1-3-6-15/h1-7,17-18H,8-14H2/b7-4+. The van der Waals surface area contributed by atoms with Gasteiger partial charge in [-0.3, -0.25) is 0 Å². The van der Waals surface area contributed by atoms with E-state index in [1.54, 1.807) is 0 Å². The molecule has 2 rings (SSSR count). The molecule has 1 aliphatic rings. The van der Waals surface area contributed by atoms with Crippen molar-refractivity contribution in [3.8, 4) is 0 Å². The molecule has 19 heavy (non-hydrogen) atoms. The number of aliphatic hydroxyl groups excluding tert-OH is 1. The second kappa shape index (κ2) is 7.43. The molecule has 3 nitrogen and oxygen atoms in total. The normalized spacial score (nSPS) is 18.8. The van der Waals surface area contributed by atoms with Crippen molar-refractivity contribution >= 4 is 6.08 Å². The Labute approximate surface area is 115 Å². The molecule has 1 aromatic rings. The van der Waals surface area contributed by atoms with Crippen LogP contribution in [0.5, 0.6) is 0 Å². The Kier molecular flexibility index (Phi) is 5.58. The summed E-state index contributed by atoms with van der Waals surface area (Å²) in [5.41, 5.74) is 1.26. The molecule has 0 aromatic heterocycles. The fourth-order valence-electron chi connectivity index (χ4n) is 2.53. The van der Waals surface area contributed by atoms with Gasteiger partial charge in [0.1, 0.15) is 0 Å². The molecule has 3 heteroatoms. The second-order valence-corrected chi connectivity index (χ2v) is 5.06. The summed E-state index contributed by atoms with van der Waals surface area (Å²) < 4.78 is 5.41. The summed E-state index contributed by atoms with van der Waals surface area (Å²) in [6, 6.07) is 10.3. The highest BCUT2D eigenvalue weighted by Crippen LogP contribution is 2.23. The maximum absolute atomic E-state index is 9.22. The van der Waals surface area contributed by atoms with Crippen LogP contribution in [0, 0.1) is 0 Å². The van der Waals surface area contributed by atoms with Crippen LogP contribution in [0.3, 0.4) is 0 Å². The fraction of sp³-hybridized carbons (Fsp3) is 0.500. The molecule has 1 aliphatic heterocycles. The van der Waals surface area contributed by atoms with E-state index in [1.165, 1.54) is 5.56 Å². The van der Waals surface area contributed by atoms with Crippen LogP contribution in [0.1, 0.15) is 24.8 Å². The number of ether oxygens (including phenoxy) is 1. The number of hydrogen-bond donors (Lipinski definition) is 2. The van der Waals surface area contributed by atoms with Gasteiger partial charge in [-0.15, -0.1) is 0 Å². The molecule has 0 aliphatic carbocycles. The maximum Gasteiger partial charge on any atom is 0.0483 e. The Hall–Kier alpha value is -1.16. The molecule has 0 saturated carbocycles. The van der Waals surface area contributed by atoms with Gasteiger partial charge >= 0.3 is 0 Å². The van der Waals surface area contributed by atoms with Gasteiger partial charge < -0.3 is 15.2 Å². The number of hydrogen-bond acceptors (Lipinski definition) is 3. The van der Waals surface area contributed by atoms with Gasteiger partial charge in [0.05, 0.1) is 0 Å². The second-order valence-electron chi connectivity index (χ2n) is 5.06. The van der Waals surface area contributed by atoms with E-state index in [2.05, 4.69) is 29.6 Å². The third-order valence-corrected chi connectivity index (χ3v) is 3.75. The van der Waals surface area contributed by atoms with Crippen LogP contribution in [-0.4, -0.2) is 37.0 Å². The molecule has 0 atom stereocenters. The molecule has 0 radical (unpaired) electrons. The smallest absolute Gasteiger partial charge is 0.0483 e. The van der Waals surface area contributed by atoms with Crippen LogP contribution < -0.4 is 5.32 Å². The summed E-state index contributed by atoms with van der Waals surface area (Å²) in [6.07, 6.45) is 7.03. The van der Waals surface area contributed by atoms with Gasteiger partial charge in [0.25, 0.3) is 0 Å². The lowest BCUT2D eigenvalue weighted by molar-refractivity contribution is 0.0291. The van der Waals surface area contributed by atoms with E-state index in [1.807, 2.05) is 18.2 Å². The van der Waals surface area contributed by atoms with Gasteiger partial charge in [-0.2, -0.15) is 0 Å². The largest absolute Gasteiger partial charge is 0.396 e. The van der Waals surface area contributed by atoms with Crippen LogP contribution in [-0.2, 0) is 4.74 Å². The first-order valence-electron chi connectivity index (χ1n) is 7.00. The molecule has 0 amide bonds. The van der Waals surface area contributed by atoms with Crippen molar-refractivity contribution in [1.29, 1.82) is 0 Å². The molecule has 1 aromatic carbocycles. The zero-order valence-corrected chi connectivity index (χ0v) is 11.3. The number of aliphatic hydroxyl groups is 1. The lowest BCUT2D eigenvalue weighted by atomic mass is 9.87. The highest BCUT2D eigenvalue weighted by atomic mass is 16.5. The minimum Gasteiger partial charge on any atom is -0.396 e. The molecular formula is C16H23NO2. The zero-order valence-electron chi connectivity index (χ0n) is 11.3. The van der Waals surface area contributed by atoms with Gasteiger partial charge in [-0.05, 0) is 24.8 Å². The first kappa shape index (κ1) is 14.3. The molecular weight excluding hydrogens is 238 g/mol. The molecule has 1 heterocycles. The lowest BCUT2D eigenvalue weighted by Crippen LogP contribution is -2.50. The Morgan fingerprint density at radius 1 is 1.21 bits per heavy atom. The van der Waals surface area contributed by atoms with Crippen molar-refractivity contribution in [1.82, 2.24) is 5.32 Å². The minimum atomic E-state index is 0.0496. The zero-order chi connectivity index (χ0) is 13.4. The summed E-state index contributed by atoms with van der Waals surface area (Å²) in [6.45, 7) is 2.63. The van der Waals surface area contributed by atoms with Crippen molar-refractivity contribution < 1.29 is 9.84 Å². The van der Waals surface area contributed by atoms with Crippen molar-refractivity contribution in [3.63, 3.8) is 0 Å². The third-order valence-electron chi connectivity index (χ3n) is 3.75. The Balaban J connectivity index is 1.84. The Bertz CT molecular complexity index is 377. The highest BCUT2D eigenvalue weighted by molar-refractivity contribution is 5.48. The molecule has 0 bridgehead atoms. The summed E-state index contributed by atoms with van der Waals surface area (Å²) >= 11 is 0. The van der Waals surface area contributed by atoms with E-state index in [4.69, 9.17) is 4.74 Å². The molecule has 0 spiro atoms. The quantitative estimate of drug-likeness (QED) is 0.825.